The average molecular weight is 357 g/mol. The molecule has 2 nitrogen and oxygen atoms in total. The molecule has 2 aromatic carbocycles. The zero-order valence-electron chi connectivity index (χ0n) is 13.3. The summed E-state index contributed by atoms with van der Waals surface area (Å²) in [7, 11) is 0. The van der Waals surface area contributed by atoms with Crippen molar-refractivity contribution in [2.75, 3.05) is 5.32 Å². The zero-order chi connectivity index (χ0) is 15.7. The third-order valence-electron chi connectivity index (χ3n) is 2.43. The van der Waals surface area contributed by atoms with Gasteiger partial charge in [-0.05, 0) is 12.1 Å². The normalized spacial score (nSPS) is 11.1. The van der Waals surface area contributed by atoms with Crippen molar-refractivity contribution in [1.29, 1.82) is 0 Å². The zero-order valence-corrected chi connectivity index (χ0v) is 15.1. The second-order valence-electron chi connectivity index (χ2n) is 4.41. The summed E-state index contributed by atoms with van der Waals surface area (Å²) < 4.78 is 7.61. The van der Waals surface area contributed by atoms with Gasteiger partial charge < -0.3 is 19.2 Å². The van der Waals surface area contributed by atoms with E-state index in [0.717, 1.165) is 6.42 Å². The fraction of sp³-hybridized carbons (Fsp3) is 0.167. The summed E-state index contributed by atoms with van der Waals surface area (Å²) in [6.45, 7) is 9.37. The Morgan fingerprint density at radius 3 is 2.48 bits per heavy atom. The van der Waals surface area contributed by atoms with Crippen LogP contribution in [0, 0.1) is 25.8 Å². The van der Waals surface area contributed by atoms with E-state index in [2.05, 4.69) is 25.2 Å². The van der Waals surface area contributed by atoms with Crippen LogP contribution in [0.25, 0.3) is 0 Å². The van der Waals surface area contributed by atoms with Crippen LogP contribution in [-0.2, 0) is 32.7 Å². The second kappa shape index (κ2) is 11.6. The van der Waals surface area contributed by atoms with Crippen LogP contribution >= 0.6 is 0 Å². The third kappa shape index (κ3) is 8.80. The number of benzene rings is 2. The number of para-hydroxylation sites is 1. The predicted molar refractivity (Wildman–Crippen MR) is 84.2 cm³/mol. The Hall–Kier alpha value is -0.986. The first-order valence-corrected chi connectivity index (χ1v) is 6.50. The minimum atomic E-state index is -0.214. The molecule has 0 spiro atoms. The molecule has 3 heteroatoms. The molecule has 0 aliphatic carbocycles. The molecule has 2 rings (SSSR count). The van der Waals surface area contributed by atoms with Crippen molar-refractivity contribution in [2.24, 2.45) is 5.92 Å². The van der Waals surface area contributed by atoms with Crippen molar-refractivity contribution in [3.8, 4) is 0 Å². The van der Waals surface area contributed by atoms with Crippen LogP contribution in [0.3, 0.4) is 0 Å². The number of nitrogens with one attached hydrogen (secondary N) is 1. The minimum absolute atomic E-state index is 0. The molecule has 0 heterocycles. The van der Waals surface area contributed by atoms with E-state index < -0.39 is 0 Å². The van der Waals surface area contributed by atoms with Crippen molar-refractivity contribution < 1.29 is 38.9 Å². The molecule has 21 heavy (non-hydrogen) atoms. The molecule has 0 saturated carbocycles. The first-order chi connectivity index (χ1) is 10.0. The summed E-state index contributed by atoms with van der Waals surface area (Å²) in [5, 5.41) is 2.69. The largest absolute Gasteiger partial charge is 3.00 e. The van der Waals surface area contributed by atoms with Crippen LogP contribution in [0.15, 0.2) is 54.6 Å². The van der Waals surface area contributed by atoms with Crippen LogP contribution in [0.5, 0.6) is 0 Å². The maximum absolute atomic E-state index is 11.8. The smallest absolute Gasteiger partial charge is 0.345 e. The first kappa shape index (κ1) is 18.1. The number of carbonyl (C=O) groups excluding carboxylic acids is 1. The molecule has 1 amide bonds. The van der Waals surface area contributed by atoms with Crippen molar-refractivity contribution >= 4 is 11.6 Å². The molecular formula is C18H20NOY. The van der Waals surface area contributed by atoms with Crippen molar-refractivity contribution in [3.05, 3.63) is 80.1 Å². The van der Waals surface area contributed by atoms with E-state index in [1.54, 1.807) is 48.5 Å². The van der Waals surface area contributed by atoms with E-state index in [1.807, 2.05) is 6.92 Å². The number of hydrogen-bond acceptors (Lipinski definition) is 1. The van der Waals surface area contributed by atoms with E-state index in [0.29, 0.717) is 23.2 Å². The number of amides is 1. The van der Waals surface area contributed by atoms with Gasteiger partial charge in [0.25, 0.3) is 0 Å². The molecule has 0 radical (unpaired) electrons. The first-order valence-electron chi connectivity index (χ1n) is 7.00. The molecule has 0 fully saturated rings. The van der Waals surface area contributed by atoms with Gasteiger partial charge in [-0.2, -0.15) is 30.3 Å². The molecule has 0 aliphatic heterocycles. The Bertz CT molecular complexity index is 558. The topological polar surface area (TPSA) is 29.1 Å². The predicted octanol–water partition coefficient (Wildman–Crippen LogP) is 4.42. The molecule has 2 aromatic rings. The number of anilines is 1. The molecule has 106 valence electrons. The van der Waals surface area contributed by atoms with Crippen LogP contribution < -0.4 is 5.32 Å². The van der Waals surface area contributed by atoms with E-state index >= 15 is 0 Å². The number of rotatable bonds is 3. The molecule has 0 saturated heterocycles. The van der Waals surface area contributed by atoms with E-state index in [-0.39, 0.29) is 38.6 Å². The van der Waals surface area contributed by atoms with Crippen molar-refractivity contribution in [1.82, 2.24) is 0 Å². The van der Waals surface area contributed by atoms with Gasteiger partial charge in [-0.25, -0.2) is 12.3 Å². The maximum Gasteiger partial charge on any atom is 3.00 e. The Morgan fingerprint density at radius 2 is 1.95 bits per heavy atom. The van der Waals surface area contributed by atoms with Crippen LogP contribution in [0.4, 0.5) is 5.69 Å². The Labute approximate surface area is 154 Å². The van der Waals surface area contributed by atoms with E-state index in [1.165, 1.54) is 0 Å². The quantitative estimate of drug-likeness (QED) is 0.810. The van der Waals surface area contributed by atoms with Crippen molar-refractivity contribution in [3.63, 3.8) is 0 Å². The summed E-state index contributed by atoms with van der Waals surface area (Å²) in [4.78, 5) is 11.8. The fourth-order valence-corrected chi connectivity index (χ4v) is 1.20. The summed E-state index contributed by atoms with van der Waals surface area (Å²) in [5.41, 5.74) is 1.07. The van der Waals surface area contributed by atoms with Gasteiger partial charge in [0.15, 0.2) is 0 Å². The third-order valence-corrected chi connectivity index (χ3v) is 2.43. The Balaban J connectivity index is 0.000000644. The van der Waals surface area contributed by atoms with Gasteiger partial charge in [0.05, 0.1) is 1.37 Å². The molecular weight excluding hydrogens is 335 g/mol. The summed E-state index contributed by atoms with van der Waals surface area (Å²) in [5.74, 6) is 0.309. The second-order valence-corrected chi connectivity index (χ2v) is 4.41. The molecule has 1 unspecified atom stereocenters. The van der Waals surface area contributed by atoms with E-state index in [9.17, 15) is 4.79 Å². The van der Waals surface area contributed by atoms with Crippen LogP contribution in [0.2, 0.25) is 0 Å². The van der Waals surface area contributed by atoms with Gasteiger partial charge >= 0.3 is 32.7 Å². The van der Waals surface area contributed by atoms with Gasteiger partial charge in [-0.3, -0.25) is 4.79 Å². The summed E-state index contributed by atoms with van der Waals surface area (Å²) in [6.07, 6.45) is 0.944. The molecule has 1 atom stereocenters. The number of hydrogen-bond donors (Lipinski definition) is 1. The molecule has 1 N–H and O–H groups in total. The van der Waals surface area contributed by atoms with Gasteiger partial charge in [0, 0.05) is 5.69 Å². The Morgan fingerprint density at radius 1 is 1.33 bits per heavy atom. The number of carbonyl (C=O) groups is 1. The standard InChI is InChI=1S/C13H10NO.C5H10.Y/c15-13(11-7-3-1-4-8-11)14-12-9-5-2-6-10-12;1-4-5(2)3;/h2-10H,(H,14,15);5H,1-2,4H2,3H3;/q-1;-2;+3/i9T;;. The van der Waals surface area contributed by atoms with Gasteiger partial charge in [0.2, 0.25) is 5.91 Å². The van der Waals surface area contributed by atoms with Gasteiger partial charge in [-0.1, -0.05) is 30.7 Å². The molecule has 0 aliphatic rings. The Kier molecular flexibility index (Phi) is 10.0. The maximum atomic E-state index is 11.8. The van der Waals surface area contributed by atoms with Crippen LogP contribution in [-0.4, -0.2) is 5.91 Å². The molecule has 0 bridgehead atoms. The average Bonchev–Trinajstić information content (AvgIpc) is 2.51. The summed E-state index contributed by atoms with van der Waals surface area (Å²) >= 11 is 0. The molecule has 0 aromatic heterocycles. The van der Waals surface area contributed by atoms with Crippen LogP contribution in [0.1, 0.15) is 25.1 Å². The summed E-state index contributed by atoms with van der Waals surface area (Å²) in [6, 6.07) is 16.8. The monoisotopic (exact) mass is 357 g/mol. The fourth-order valence-electron chi connectivity index (χ4n) is 1.20. The van der Waals surface area contributed by atoms with Gasteiger partial charge in [0.1, 0.15) is 0 Å². The minimum Gasteiger partial charge on any atom is -0.345 e. The SMILES string of the molecule is [3H]c1ccccc1NC(=O)c1cc[c-]cc1.[CH2-]CC([CH2-])C.[Y+3]. The van der Waals surface area contributed by atoms with Crippen molar-refractivity contribution in [2.45, 2.75) is 13.3 Å². The van der Waals surface area contributed by atoms with Gasteiger partial charge in [-0.15, -0.1) is 0 Å². The van der Waals surface area contributed by atoms with E-state index in [4.69, 9.17) is 1.37 Å².